The molecule has 0 aromatic heterocycles. The number of nitrogens with zero attached hydrogens (tertiary/aromatic N) is 1. The summed E-state index contributed by atoms with van der Waals surface area (Å²) >= 11 is 0. The van der Waals surface area contributed by atoms with Crippen LogP contribution >= 0.6 is 0 Å². The first-order chi connectivity index (χ1) is 14.3. The van der Waals surface area contributed by atoms with Crippen molar-refractivity contribution in [3.05, 3.63) is 29.3 Å². The van der Waals surface area contributed by atoms with E-state index in [0.29, 0.717) is 18.0 Å². The maximum atomic E-state index is 12.6. The van der Waals surface area contributed by atoms with Crippen molar-refractivity contribution in [1.29, 1.82) is 0 Å². The fourth-order valence-corrected chi connectivity index (χ4v) is 5.38. The van der Waals surface area contributed by atoms with Gasteiger partial charge in [-0.15, -0.1) is 0 Å². The summed E-state index contributed by atoms with van der Waals surface area (Å²) in [5.74, 6) is 0.370. The van der Waals surface area contributed by atoms with Crippen LogP contribution in [0.25, 0.3) is 0 Å². The van der Waals surface area contributed by atoms with Crippen LogP contribution in [0.15, 0.2) is 23.1 Å². The molecule has 170 valence electrons. The van der Waals surface area contributed by atoms with Crippen LogP contribution in [0.2, 0.25) is 0 Å². The van der Waals surface area contributed by atoms with E-state index >= 15 is 0 Å². The van der Waals surface area contributed by atoms with Gasteiger partial charge in [-0.25, -0.2) is 13.1 Å². The van der Waals surface area contributed by atoms with Crippen molar-refractivity contribution in [2.24, 2.45) is 5.92 Å². The van der Waals surface area contributed by atoms with Crippen LogP contribution in [0.4, 0.5) is 0 Å². The van der Waals surface area contributed by atoms with E-state index in [1.807, 2.05) is 13.0 Å². The zero-order valence-electron chi connectivity index (χ0n) is 18.7. The highest BCUT2D eigenvalue weighted by Gasteiger charge is 2.27. The third kappa shape index (κ3) is 7.04. The standard InChI is InChI=1S/C22H37N3O4S/c1-5-19(6-2)20(25-11-13-29-14-12-25)16-23-22(26)9-10-24-30(27,28)21-15-17(3)7-8-18(21)4/h7-8,15,19-20,24H,5-6,9-14,16H2,1-4H3,(H,23,26). The molecule has 1 atom stereocenters. The lowest BCUT2D eigenvalue weighted by molar-refractivity contribution is -0.121. The fraction of sp³-hybridized carbons (Fsp3) is 0.682. The van der Waals surface area contributed by atoms with Gasteiger partial charge in [-0.2, -0.15) is 0 Å². The van der Waals surface area contributed by atoms with Crippen molar-refractivity contribution in [1.82, 2.24) is 14.9 Å². The molecule has 30 heavy (non-hydrogen) atoms. The van der Waals surface area contributed by atoms with Gasteiger partial charge in [-0.3, -0.25) is 9.69 Å². The summed E-state index contributed by atoms with van der Waals surface area (Å²) in [7, 11) is -3.63. The highest BCUT2D eigenvalue weighted by molar-refractivity contribution is 7.89. The van der Waals surface area contributed by atoms with Crippen LogP contribution in [0.1, 0.15) is 44.2 Å². The Kier molecular flexibility index (Phi) is 9.74. The lowest BCUT2D eigenvalue weighted by Crippen LogP contribution is -2.52. The molecule has 1 heterocycles. The average molecular weight is 440 g/mol. The first-order valence-corrected chi connectivity index (χ1v) is 12.4. The molecule has 0 aliphatic carbocycles. The molecule has 1 fully saturated rings. The molecular formula is C22H37N3O4S. The molecule has 8 heteroatoms. The number of sulfonamides is 1. The number of morpholine rings is 1. The first kappa shape index (κ1) is 24.8. The van der Waals surface area contributed by atoms with Crippen LogP contribution in [-0.4, -0.2) is 64.7 Å². The molecule has 0 radical (unpaired) electrons. The number of amides is 1. The molecule has 1 aliphatic heterocycles. The van der Waals surface area contributed by atoms with E-state index in [1.54, 1.807) is 19.1 Å². The second kappa shape index (κ2) is 11.8. The number of hydrogen-bond donors (Lipinski definition) is 2. The van der Waals surface area contributed by atoms with E-state index in [0.717, 1.165) is 44.7 Å². The predicted molar refractivity (Wildman–Crippen MR) is 119 cm³/mol. The normalized spacial score (nSPS) is 16.6. The van der Waals surface area contributed by atoms with Gasteiger partial charge in [-0.05, 0) is 37.0 Å². The number of ether oxygens (including phenoxy) is 1. The van der Waals surface area contributed by atoms with Crippen molar-refractivity contribution in [3.63, 3.8) is 0 Å². The Bertz CT molecular complexity index is 788. The summed E-state index contributed by atoms with van der Waals surface area (Å²) < 4.78 is 33.2. The van der Waals surface area contributed by atoms with Crippen LogP contribution < -0.4 is 10.0 Å². The molecule has 1 saturated heterocycles. The molecule has 1 unspecified atom stereocenters. The number of hydrogen-bond acceptors (Lipinski definition) is 5. The molecule has 1 aliphatic rings. The first-order valence-electron chi connectivity index (χ1n) is 10.9. The fourth-order valence-electron chi connectivity index (χ4n) is 4.02. The van der Waals surface area contributed by atoms with Gasteiger partial charge in [-0.1, -0.05) is 38.8 Å². The Morgan fingerprint density at radius 1 is 1.17 bits per heavy atom. The smallest absolute Gasteiger partial charge is 0.240 e. The SMILES string of the molecule is CCC(CC)C(CNC(=O)CCNS(=O)(=O)c1cc(C)ccc1C)N1CCOCC1. The molecule has 1 aromatic carbocycles. The Labute approximate surface area is 181 Å². The lowest BCUT2D eigenvalue weighted by atomic mass is 9.92. The van der Waals surface area contributed by atoms with Crippen LogP contribution in [0, 0.1) is 19.8 Å². The van der Waals surface area contributed by atoms with Gasteiger partial charge in [0.05, 0.1) is 18.1 Å². The molecule has 7 nitrogen and oxygen atoms in total. The predicted octanol–water partition coefficient (Wildman–Crippen LogP) is 2.23. The van der Waals surface area contributed by atoms with Gasteiger partial charge in [0.1, 0.15) is 0 Å². The Morgan fingerprint density at radius 3 is 2.47 bits per heavy atom. The van der Waals surface area contributed by atoms with Gasteiger partial charge in [0.15, 0.2) is 0 Å². The zero-order valence-corrected chi connectivity index (χ0v) is 19.6. The van der Waals surface area contributed by atoms with Gasteiger partial charge < -0.3 is 10.1 Å². The maximum absolute atomic E-state index is 12.6. The van der Waals surface area contributed by atoms with Crippen molar-refractivity contribution < 1.29 is 17.9 Å². The Hall–Kier alpha value is -1.48. The lowest BCUT2D eigenvalue weighted by Gasteiger charge is -2.38. The van der Waals surface area contributed by atoms with E-state index in [2.05, 4.69) is 28.8 Å². The number of nitrogens with one attached hydrogen (secondary N) is 2. The molecular weight excluding hydrogens is 402 g/mol. The molecule has 0 spiro atoms. The minimum Gasteiger partial charge on any atom is -0.379 e. The molecule has 2 N–H and O–H groups in total. The quantitative estimate of drug-likeness (QED) is 0.552. The molecule has 0 saturated carbocycles. The number of carbonyl (C=O) groups excluding carboxylic acids is 1. The van der Waals surface area contributed by atoms with E-state index in [-0.39, 0.29) is 29.8 Å². The van der Waals surface area contributed by atoms with E-state index in [4.69, 9.17) is 4.74 Å². The second-order valence-corrected chi connectivity index (χ2v) is 9.75. The Morgan fingerprint density at radius 2 is 1.83 bits per heavy atom. The highest BCUT2D eigenvalue weighted by atomic mass is 32.2. The summed E-state index contributed by atoms with van der Waals surface area (Å²) in [6.45, 7) is 11.9. The van der Waals surface area contributed by atoms with E-state index in [1.165, 1.54) is 0 Å². The Balaban J connectivity index is 1.87. The number of carbonyl (C=O) groups is 1. The summed E-state index contributed by atoms with van der Waals surface area (Å²) in [5, 5.41) is 3.02. The van der Waals surface area contributed by atoms with E-state index in [9.17, 15) is 13.2 Å². The molecule has 2 rings (SSSR count). The zero-order chi connectivity index (χ0) is 22.1. The van der Waals surface area contributed by atoms with Crippen LogP contribution in [-0.2, 0) is 19.6 Å². The van der Waals surface area contributed by atoms with Crippen molar-refractivity contribution in [2.45, 2.75) is 57.9 Å². The summed E-state index contributed by atoms with van der Waals surface area (Å²) in [5.41, 5.74) is 1.57. The minimum atomic E-state index is -3.63. The monoisotopic (exact) mass is 439 g/mol. The van der Waals surface area contributed by atoms with Gasteiger partial charge >= 0.3 is 0 Å². The largest absolute Gasteiger partial charge is 0.379 e. The van der Waals surface area contributed by atoms with E-state index < -0.39 is 10.0 Å². The van der Waals surface area contributed by atoms with Crippen molar-refractivity contribution >= 4 is 15.9 Å². The molecule has 1 amide bonds. The number of rotatable bonds is 11. The average Bonchev–Trinajstić information content (AvgIpc) is 2.73. The van der Waals surface area contributed by atoms with Gasteiger partial charge in [0.2, 0.25) is 15.9 Å². The van der Waals surface area contributed by atoms with Crippen LogP contribution in [0.5, 0.6) is 0 Å². The van der Waals surface area contributed by atoms with Crippen molar-refractivity contribution in [3.8, 4) is 0 Å². The summed E-state index contributed by atoms with van der Waals surface area (Å²) in [6.07, 6.45) is 2.23. The van der Waals surface area contributed by atoms with Crippen molar-refractivity contribution in [2.75, 3.05) is 39.4 Å². The topological polar surface area (TPSA) is 87.7 Å². The summed E-state index contributed by atoms with van der Waals surface area (Å²) in [4.78, 5) is 15.1. The van der Waals surface area contributed by atoms with Gasteiger partial charge in [0.25, 0.3) is 0 Å². The third-order valence-corrected chi connectivity index (χ3v) is 7.50. The highest BCUT2D eigenvalue weighted by Crippen LogP contribution is 2.20. The van der Waals surface area contributed by atoms with Crippen LogP contribution in [0.3, 0.4) is 0 Å². The van der Waals surface area contributed by atoms with Gasteiger partial charge in [0, 0.05) is 38.6 Å². The minimum absolute atomic E-state index is 0.0781. The third-order valence-electron chi connectivity index (χ3n) is 5.89. The molecule has 0 bridgehead atoms. The maximum Gasteiger partial charge on any atom is 0.240 e. The number of aryl methyl sites for hydroxylation is 2. The number of benzene rings is 1. The second-order valence-electron chi connectivity index (χ2n) is 8.01. The summed E-state index contributed by atoms with van der Waals surface area (Å²) in [6, 6.07) is 5.60. The molecule has 1 aromatic rings.